The number of anilines is 1. The minimum Gasteiger partial charge on any atom is -0.484 e. The summed E-state index contributed by atoms with van der Waals surface area (Å²) >= 11 is 0. The van der Waals surface area contributed by atoms with E-state index in [0.717, 1.165) is 17.7 Å². The van der Waals surface area contributed by atoms with Crippen LogP contribution in [-0.4, -0.2) is 12.5 Å². The van der Waals surface area contributed by atoms with Crippen molar-refractivity contribution in [2.75, 3.05) is 11.9 Å². The molecule has 2 aromatic rings. The van der Waals surface area contributed by atoms with Crippen LogP contribution in [0.25, 0.3) is 0 Å². The Morgan fingerprint density at radius 3 is 2.62 bits per heavy atom. The molecular formula is C15H12F3NO2. The molecule has 0 aliphatic heterocycles. The van der Waals surface area contributed by atoms with Crippen LogP contribution in [0.15, 0.2) is 36.4 Å². The number of ether oxygens (including phenoxy) is 1. The number of carbonyl (C=O) groups excluding carboxylic acids is 1. The predicted octanol–water partition coefficient (Wildman–Crippen LogP) is 3.43. The van der Waals surface area contributed by atoms with E-state index in [0.29, 0.717) is 5.75 Å². The first-order valence-corrected chi connectivity index (χ1v) is 6.10. The molecule has 2 rings (SSSR count). The van der Waals surface area contributed by atoms with Crippen molar-refractivity contribution in [3.63, 3.8) is 0 Å². The van der Waals surface area contributed by atoms with Gasteiger partial charge in [0.25, 0.3) is 5.91 Å². The lowest BCUT2D eigenvalue weighted by Gasteiger charge is -2.09. The second-order valence-corrected chi connectivity index (χ2v) is 4.38. The number of nitrogens with one attached hydrogen (secondary N) is 1. The molecule has 0 saturated carbocycles. The molecule has 0 aliphatic carbocycles. The van der Waals surface area contributed by atoms with Crippen LogP contribution in [-0.2, 0) is 4.79 Å². The first-order valence-electron chi connectivity index (χ1n) is 6.10. The largest absolute Gasteiger partial charge is 0.484 e. The molecule has 1 N–H and O–H groups in total. The molecule has 2 aromatic carbocycles. The maximum Gasteiger partial charge on any atom is 0.262 e. The number of amides is 1. The molecule has 0 saturated heterocycles. The first-order chi connectivity index (χ1) is 9.97. The van der Waals surface area contributed by atoms with E-state index in [1.165, 1.54) is 0 Å². The average Bonchev–Trinajstić information content (AvgIpc) is 2.46. The molecule has 0 aliphatic rings. The second-order valence-electron chi connectivity index (χ2n) is 4.38. The highest BCUT2D eigenvalue weighted by Gasteiger charge is 2.15. The van der Waals surface area contributed by atoms with Gasteiger partial charge in [0.15, 0.2) is 24.1 Å². The summed E-state index contributed by atoms with van der Waals surface area (Å²) in [6.45, 7) is 1.49. The third-order valence-electron chi connectivity index (χ3n) is 2.67. The van der Waals surface area contributed by atoms with Crippen LogP contribution in [0.3, 0.4) is 0 Å². The number of halogens is 3. The lowest BCUT2D eigenvalue weighted by atomic mass is 10.2. The molecule has 0 radical (unpaired) electrons. The van der Waals surface area contributed by atoms with Gasteiger partial charge in [-0.3, -0.25) is 4.79 Å². The first kappa shape index (κ1) is 14.9. The van der Waals surface area contributed by atoms with Gasteiger partial charge in [0, 0.05) is 0 Å². The van der Waals surface area contributed by atoms with Crippen LogP contribution >= 0.6 is 0 Å². The summed E-state index contributed by atoms with van der Waals surface area (Å²) in [5, 5.41) is 2.12. The number of hydrogen-bond donors (Lipinski definition) is 1. The van der Waals surface area contributed by atoms with E-state index in [9.17, 15) is 18.0 Å². The normalized spacial score (nSPS) is 10.3. The van der Waals surface area contributed by atoms with Gasteiger partial charge < -0.3 is 10.1 Å². The highest BCUT2D eigenvalue weighted by atomic mass is 19.2. The molecule has 0 spiro atoms. The number of carbonyl (C=O) groups is 1. The lowest BCUT2D eigenvalue weighted by molar-refractivity contribution is -0.118. The minimum atomic E-state index is -1.63. The van der Waals surface area contributed by atoms with Crippen molar-refractivity contribution in [2.24, 2.45) is 0 Å². The number of aryl methyl sites for hydroxylation is 1. The van der Waals surface area contributed by atoms with Crippen LogP contribution in [0.5, 0.6) is 5.75 Å². The maximum absolute atomic E-state index is 13.4. The van der Waals surface area contributed by atoms with Gasteiger partial charge in [0.2, 0.25) is 0 Å². The summed E-state index contributed by atoms with van der Waals surface area (Å²) in [5.41, 5.74) is 0.520. The fourth-order valence-corrected chi connectivity index (χ4v) is 1.66. The van der Waals surface area contributed by atoms with Crippen molar-refractivity contribution in [3.8, 4) is 5.75 Å². The van der Waals surface area contributed by atoms with E-state index in [4.69, 9.17) is 4.74 Å². The zero-order chi connectivity index (χ0) is 15.4. The second kappa shape index (κ2) is 6.30. The Morgan fingerprint density at radius 2 is 1.90 bits per heavy atom. The molecule has 0 bridgehead atoms. The van der Waals surface area contributed by atoms with E-state index in [2.05, 4.69) is 5.32 Å². The Labute approximate surface area is 119 Å². The average molecular weight is 295 g/mol. The molecule has 0 aromatic heterocycles. The van der Waals surface area contributed by atoms with Gasteiger partial charge in [0.05, 0.1) is 5.69 Å². The van der Waals surface area contributed by atoms with Crippen LogP contribution < -0.4 is 10.1 Å². The van der Waals surface area contributed by atoms with Crippen molar-refractivity contribution >= 4 is 11.6 Å². The number of hydrogen-bond acceptors (Lipinski definition) is 2. The van der Waals surface area contributed by atoms with E-state index >= 15 is 0 Å². The SMILES string of the molecule is Cc1cccc(OCC(=O)Nc2ccc(F)c(F)c2F)c1. The van der Waals surface area contributed by atoms with Gasteiger partial charge in [-0.05, 0) is 36.8 Å². The van der Waals surface area contributed by atoms with Crippen molar-refractivity contribution < 1.29 is 22.7 Å². The third-order valence-corrected chi connectivity index (χ3v) is 2.67. The zero-order valence-corrected chi connectivity index (χ0v) is 11.1. The quantitative estimate of drug-likeness (QED) is 0.878. The lowest BCUT2D eigenvalue weighted by Crippen LogP contribution is -2.21. The monoisotopic (exact) mass is 295 g/mol. The summed E-state index contributed by atoms with van der Waals surface area (Å²) in [4.78, 5) is 11.6. The minimum absolute atomic E-state index is 0.373. The van der Waals surface area contributed by atoms with E-state index in [1.54, 1.807) is 18.2 Å². The fraction of sp³-hybridized carbons (Fsp3) is 0.133. The van der Waals surface area contributed by atoms with Crippen molar-refractivity contribution in [1.82, 2.24) is 0 Å². The highest BCUT2D eigenvalue weighted by Crippen LogP contribution is 2.19. The van der Waals surface area contributed by atoms with Crippen LogP contribution in [0, 0.1) is 24.4 Å². The Balaban J connectivity index is 1.98. The van der Waals surface area contributed by atoms with Gasteiger partial charge in [-0.15, -0.1) is 0 Å². The molecule has 21 heavy (non-hydrogen) atoms. The molecule has 0 atom stereocenters. The van der Waals surface area contributed by atoms with Crippen LogP contribution in [0.4, 0.5) is 18.9 Å². The van der Waals surface area contributed by atoms with E-state index < -0.39 is 29.0 Å². The number of benzene rings is 2. The van der Waals surface area contributed by atoms with Crippen LogP contribution in [0.1, 0.15) is 5.56 Å². The number of rotatable bonds is 4. The summed E-state index contributed by atoms with van der Waals surface area (Å²) < 4.78 is 44.3. The molecule has 3 nitrogen and oxygen atoms in total. The van der Waals surface area contributed by atoms with Crippen molar-refractivity contribution in [3.05, 3.63) is 59.4 Å². The Kier molecular flexibility index (Phi) is 4.47. The van der Waals surface area contributed by atoms with E-state index in [-0.39, 0.29) is 6.61 Å². The Hall–Kier alpha value is -2.50. The molecule has 0 heterocycles. The maximum atomic E-state index is 13.4. The van der Waals surface area contributed by atoms with E-state index in [1.807, 2.05) is 13.0 Å². The summed E-state index contributed by atoms with van der Waals surface area (Å²) in [7, 11) is 0. The van der Waals surface area contributed by atoms with Gasteiger partial charge in [-0.25, -0.2) is 13.2 Å². The van der Waals surface area contributed by atoms with Crippen molar-refractivity contribution in [1.29, 1.82) is 0 Å². The smallest absolute Gasteiger partial charge is 0.262 e. The summed E-state index contributed by atoms with van der Waals surface area (Å²) in [5.74, 6) is -4.59. The fourth-order valence-electron chi connectivity index (χ4n) is 1.66. The summed E-state index contributed by atoms with van der Waals surface area (Å²) in [6.07, 6.45) is 0. The van der Waals surface area contributed by atoms with Gasteiger partial charge in [-0.1, -0.05) is 12.1 Å². The standard InChI is InChI=1S/C15H12F3NO2/c1-9-3-2-4-10(7-9)21-8-13(20)19-12-6-5-11(16)14(17)15(12)18/h2-7H,8H2,1H3,(H,19,20). The molecule has 0 unspecified atom stereocenters. The topological polar surface area (TPSA) is 38.3 Å². The third kappa shape index (κ3) is 3.75. The van der Waals surface area contributed by atoms with Gasteiger partial charge in [0.1, 0.15) is 5.75 Å². The molecule has 6 heteroatoms. The van der Waals surface area contributed by atoms with Crippen LogP contribution in [0.2, 0.25) is 0 Å². The zero-order valence-electron chi connectivity index (χ0n) is 11.1. The molecule has 0 fully saturated rings. The Morgan fingerprint density at radius 1 is 1.14 bits per heavy atom. The predicted molar refractivity (Wildman–Crippen MR) is 71.6 cm³/mol. The molecular weight excluding hydrogens is 283 g/mol. The van der Waals surface area contributed by atoms with Gasteiger partial charge in [-0.2, -0.15) is 0 Å². The highest BCUT2D eigenvalue weighted by molar-refractivity contribution is 5.92. The van der Waals surface area contributed by atoms with Gasteiger partial charge >= 0.3 is 0 Å². The Bertz CT molecular complexity index is 674. The molecule has 1 amide bonds. The van der Waals surface area contributed by atoms with Crippen molar-refractivity contribution in [2.45, 2.75) is 6.92 Å². The summed E-state index contributed by atoms with van der Waals surface area (Å²) in [6, 6.07) is 8.69. The molecule has 110 valence electrons.